The van der Waals surface area contributed by atoms with E-state index < -0.39 is 0 Å². The maximum absolute atomic E-state index is 12.3. The Bertz CT molecular complexity index is 827. The summed E-state index contributed by atoms with van der Waals surface area (Å²) in [6.45, 7) is 2.36. The molecule has 1 aliphatic rings. The second-order valence-corrected chi connectivity index (χ2v) is 7.16. The van der Waals surface area contributed by atoms with Crippen LogP contribution in [0.4, 0.5) is 0 Å². The lowest BCUT2D eigenvalue weighted by molar-refractivity contribution is 0.0923. The lowest BCUT2D eigenvalue weighted by atomic mass is 9.98. The van der Waals surface area contributed by atoms with Crippen LogP contribution in [0.5, 0.6) is 0 Å². The van der Waals surface area contributed by atoms with Gasteiger partial charge in [-0.1, -0.05) is 30.3 Å². The van der Waals surface area contributed by atoms with Crippen LogP contribution in [0.3, 0.4) is 0 Å². The van der Waals surface area contributed by atoms with Crippen LogP contribution in [0.15, 0.2) is 64.6 Å². The SMILES string of the molecule is O=C(NC[C@@H](c1ccco1)N1CCc2ccccc2C1)c1cccs1. The van der Waals surface area contributed by atoms with E-state index in [0.29, 0.717) is 6.54 Å². The van der Waals surface area contributed by atoms with Gasteiger partial charge < -0.3 is 9.73 Å². The molecule has 3 heterocycles. The summed E-state index contributed by atoms with van der Waals surface area (Å²) in [5.74, 6) is 0.870. The molecule has 4 rings (SSSR count). The Kier molecular flexibility index (Phi) is 4.68. The highest BCUT2D eigenvalue weighted by atomic mass is 32.1. The fourth-order valence-electron chi connectivity index (χ4n) is 3.36. The highest BCUT2D eigenvalue weighted by molar-refractivity contribution is 7.12. The summed E-state index contributed by atoms with van der Waals surface area (Å²) in [5.41, 5.74) is 2.77. The summed E-state index contributed by atoms with van der Waals surface area (Å²) >= 11 is 1.46. The zero-order valence-corrected chi connectivity index (χ0v) is 14.7. The molecule has 1 amide bonds. The first-order valence-electron chi connectivity index (χ1n) is 8.47. The van der Waals surface area contributed by atoms with Gasteiger partial charge in [0, 0.05) is 19.6 Å². The molecule has 5 heteroatoms. The molecule has 1 aromatic carbocycles. The molecule has 128 valence electrons. The number of hydrogen-bond acceptors (Lipinski definition) is 4. The number of rotatable bonds is 5. The van der Waals surface area contributed by atoms with Gasteiger partial charge in [-0.15, -0.1) is 11.3 Å². The molecular formula is C20H20N2O2S. The van der Waals surface area contributed by atoms with Crippen LogP contribution in [-0.4, -0.2) is 23.9 Å². The first kappa shape index (κ1) is 16.1. The Labute approximate surface area is 151 Å². The van der Waals surface area contributed by atoms with Crippen molar-refractivity contribution >= 4 is 17.2 Å². The lowest BCUT2D eigenvalue weighted by Gasteiger charge is -2.34. The smallest absolute Gasteiger partial charge is 0.261 e. The van der Waals surface area contributed by atoms with Crippen molar-refractivity contribution in [3.05, 3.63) is 81.9 Å². The number of nitrogens with zero attached hydrogens (tertiary/aromatic N) is 1. The topological polar surface area (TPSA) is 45.5 Å². The molecule has 0 bridgehead atoms. The molecule has 25 heavy (non-hydrogen) atoms. The second kappa shape index (κ2) is 7.25. The summed E-state index contributed by atoms with van der Waals surface area (Å²) in [6, 6.07) is 16.2. The molecule has 0 fully saturated rings. The molecule has 0 spiro atoms. The summed E-state index contributed by atoms with van der Waals surface area (Å²) < 4.78 is 5.67. The highest BCUT2D eigenvalue weighted by Crippen LogP contribution is 2.28. The number of carbonyl (C=O) groups excluding carboxylic acids is 1. The van der Waals surface area contributed by atoms with Crippen molar-refractivity contribution in [2.24, 2.45) is 0 Å². The molecule has 3 aromatic rings. The lowest BCUT2D eigenvalue weighted by Crippen LogP contribution is -2.40. The van der Waals surface area contributed by atoms with Gasteiger partial charge in [-0.25, -0.2) is 0 Å². The van der Waals surface area contributed by atoms with Gasteiger partial charge in [0.15, 0.2) is 0 Å². The number of fused-ring (bicyclic) bond motifs is 1. The number of amides is 1. The molecule has 0 aliphatic carbocycles. The van der Waals surface area contributed by atoms with E-state index in [4.69, 9.17) is 4.42 Å². The van der Waals surface area contributed by atoms with Gasteiger partial charge in [-0.3, -0.25) is 9.69 Å². The van der Waals surface area contributed by atoms with E-state index >= 15 is 0 Å². The minimum Gasteiger partial charge on any atom is -0.468 e. The number of benzene rings is 1. The maximum atomic E-state index is 12.3. The monoisotopic (exact) mass is 352 g/mol. The van der Waals surface area contributed by atoms with Crippen molar-refractivity contribution < 1.29 is 9.21 Å². The standard InChI is InChI=1S/C20H20N2O2S/c23-20(19-8-4-12-25-19)21-13-17(18-7-3-11-24-18)22-10-9-15-5-1-2-6-16(15)14-22/h1-8,11-12,17H,9-10,13-14H2,(H,21,23)/t17-/m0/s1. The Balaban J connectivity index is 1.50. The summed E-state index contributed by atoms with van der Waals surface area (Å²) in [6.07, 6.45) is 2.72. The van der Waals surface area contributed by atoms with Gasteiger partial charge in [0.25, 0.3) is 5.91 Å². The molecule has 0 unspecified atom stereocenters. The van der Waals surface area contributed by atoms with E-state index in [-0.39, 0.29) is 11.9 Å². The third-order valence-electron chi connectivity index (χ3n) is 4.67. The molecule has 0 saturated heterocycles. The number of thiophene rings is 1. The van der Waals surface area contributed by atoms with E-state index in [2.05, 4.69) is 34.5 Å². The fraction of sp³-hybridized carbons (Fsp3) is 0.250. The van der Waals surface area contributed by atoms with Gasteiger partial charge in [-0.2, -0.15) is 0 Å². The van der Waals surface area contributed by atoms with Gasteiger partial charge in [-0.05, 0) is 41.1 Å². The van der Waals surface area contributed by atoms with Crippen molar-refractivity contribution in [2.45, 2.75) is 19.0 Å². The van der Waals surface area contributed by atoms with E-state index in [1.165, 1.54) is 22.5 Å². The van der Waals surface area contributed by atoms with Crippen molar-refractivity contribution in [3.8, 4) is 0 Å². The van der Waals surface area contributed by atoms with Crippen LogP contribution in [0.2, 0.25) is 0 Å². The molecule has 1 N–H and O–H groups in total. The zero-order chi connectivity index (χ0) is 17.1. The summed E-state index contributed by atoms with van der Waals surface area (Å²) in [4.78, 5) is 15.4. The predicted molar refractivity (Wildman–Crippen MR) is 98.7 cm³/mol. The average molecular weight is 352 g/mol. The van der Waals surface area contributed by atoms with Crippen molar-refractivity contribution in [1.82, 2.24) is 10.2 Å². The average Bonchev–Trinajstić information content (AvgIpc) is 3.35. The third kappa shape index (κ3) is 3.52. The number of nitrogens with one attached hydrogen (secondary N) is 1. The van der Waals surface area contributed by atoms with Crippen LogP contribution in [0, 0.1) is 0 Å². The van der Waals surface area contributed by atoms with Gasteiger partial charge >= 0.3 is 0 Å². The van der Waals surface area contributed by atoms with Crippen LogP contribution in [0.1, 0.15) is 32.6 Å². The summed E-state index contributed by atoms with van der Waals surface area (Å²) in [7, 11) is 0. The molecule has 0 saturated carbocycles. The predicted octanol–water partition coefficient (Wildman–Crippen LogP) is 3.87. The van der Waals surface area contributed by atoms with Crippen LogP contribution < -0.4 is 5.32 Å². The Morgan fingerprint density at radius 1 is 1.16 bits per heavy atom. The number of furan rings is 1. The second-order valence-electron chi connectivity index (χ2n) is 6.21. The minimum absolute atomic E-state index is 0.0241. The zero-order valence-electron chi connectivity index (χ0n) is 13.9. The molecule has 0 radical (unpaired) electrons. The van der Waals surface area contributed by atoms with Crippen molar-refractivity contribution in [1.29, 1.82) is 0 Å². The van der Waals surface area contributed by atoms with Gasteiger partial charge in [0.05, 0.1) is 17.2 Å². The van der Waals surface area contributed by atoms with Crippen LogP contribution >= 0.6 is 11.3 Å². The molecule has 2 aromatic heterocycles. The molecular weight excluding hydrogens is 332 g/mol. The maximum Gasteiger partial charge on any atom is 0.261 e. The van der Waals surface area contributed by atoms with Gasteiger partial charge in [0.1, 0.15) is 5.76 Å². The normalized spacial score (nSPS) is 15.5. The Hall–Kier alpha value is -2.37. The van der Waals surface area contributed by atoms with Crippen molar-refractivity contribution in [3.63, 3.8) is 0 Å². The van der Waals surface area contributed by atoms with Gasteiger partial charge in [0.2, 0.25) is 0 Å². The van der Waals surface area contributed by atoms with E-state index in [0.717, 1.165) is 30.1 Å². The molecule has 4 nitrogen and oxygen atoms in total. The number of hydrogen-bond donors (Lipinski definition) is 1. The molecule has 1 atom stereocenters. The van der Waals surface area contributed by atoms with Crippen molar-refractivity contribution in [2.75, 3.05) is 13.1 Å². The highest BCUT2D eigenvalue weighted by Gasteiger charge is 2.27. The third-order valence-corrected chi connectivity index (χ3v) is 5.54. The first-order valence-corrected chi connectivity index (χ1v) is 9.35. The minimum atomic E-state index is -0.0241. The van der Waals surface area contributed by atoms with Crippen LogP contribution in [0.25, 0.3) is 0 Å². The first-order chi connectivity index (χ1) is 12.3. The Morgan fingerprint density at radius 2 is 2.04 bits per heavy atom. The molecule has 1 aliphatic heterocycles. The van der Waals surface area contributed by atoms with E-state index in [1.54, 1.807) is 6.26 Å². The summed E-state index contributed by atoms with van der Waals surface area (Å²) in [5, 5.41) is 4.98. The van der Waals surface area contributed by atoms with E-state index in [1.807, 2.05) is 29.6 Å². The fourth-order valence-corrected chi connectivity index (χ4v) is 4.00. The van der Waals surface area contributed by atoms with Crippen LogP contribution in [-0.2, 0) is 13.0 Å². The van der Waals surface area contributed by atoms with E-state index in [9.17, 15) is 4.79 Å². The quantitative estimate of drug-likeness (QED) is 0.758. The number of carbonyl (C=O) groups is 1. The Morgan fingerprint density at radius 3 is 2.80 bits per heavy atom. The largest absolute Gasteiger partial charge is 0.468 e.